The van der Waals surface area contributed by atoms with Crippen molar-refractivity contribution in [3.8, 4) is 0 Å². The van der Waals surface area contributed by atoms with E-state index in [1.165, 1.54) is 5.56 Å². The third-order valence-corrected chi connectivity index (χ3v) is 3.39. The normalized spacial score (nSPS) is 12.1. The fourth-order valence-corrected chi connectivity index (χ4v) is 2.25. The van der Waals surface area contributed by atoms with Crippen LogP contribution in [0.1, 0.15) is 18.6 Å². The first kappa shape index (κ1) is 14.1. The second kappa shape index (κ2) is 7.31. The van der Waals surface area contributed by atoms with E-state index >= 15 is 0 Å². The van der Waals surface area contributed by atoms with Crippen LogP contribution >= 0.6 is 15.9 Å². The van der Waals surface area contributed by atoms with Crippen LogP contribution in [0.2, 0.25) is 0 Å². The van der Waals surface area contributed by atoms with E-state index in [1.807, 2.05) is 36.4 Å². The van der Waals surface area contributed by atoms with E-state index in [1.54, 1.807) is 0 Å². The van der Waals surface area contributed by atoms with Crippen LogP contribution in [-0.2, 0) is 4.74 Å². The number of rotatable bonds is 6. The van der Waals surface area contributed by atoms with E-state index in [0.717, 1.165) is 16.7 Å². The van der Waals surface area contributed by atoms with Crippen molar-refractivity contribution in [2.75, 3.05) is 18.5 Å². The molecule has 0 heterocycles. The van der Waals surface area contributed by atoms with Gasteiger partial charge >= 0.3 is 0 Å². The molecule has 0 aromatic heterocycles. The highest BCUT2D eigenvalue weighted by Crippen LogP contribution is 2.17. The van der Waals surface area contributed by atoms with Crippen molar-refractivity contribution in [3.05, 3.63) is 64.6 Å². The number of anilines is 1. The van der Waals surface area contributed by atoms with Gasteiger partial charge in [-0.25, -0.2) is 0 Å². The molecule has 2 aromatic rings. The molecule has 0 radical (unpaired) electrons. The zero-order valence-electron chi connectivity index (χ0n) is 11.0. The van der Waals surface area contributed by atoms with Gasteiger partial charge in [0.1, 0.15) is 0 Å². The number of benzene rings is 2. The van der Waals surface area contributed by atoms with Crippen molar-refractivity contribution >= 4 is 21.6 Å². The van der Waals surface area contributed by atoms with Gasteiger partial charge in [-0.05, 0) is 30.7 Å². The Kier molecular flexibility index (Phi) is 5.43. The molecule has 1 N–H and O–H groups in total. The van der Waals surface area contributed by atoms with E-state index in [-0.39, 0.29) is 6.10 Å². The van der Waals surface area contributed by atoms with Crippen molar-refractivity contribution in [1.82, 2.24) is 0 Å². The van der Waals surface area contributed by atoms with E-state index in [4.69, 9.17) is 4.74 Å². The molecule has 19 heavy (non-hydrogen) atoms. The highest BCUT2D eigenvalue weighted by Gasteiger charge is 2.03. The van der Waals surface area contributed by atoms with Gasteiger partial charge in [0.15, 0.2) is 0 Å². The summed E-state index contributed by atoms with van der Waals surface area (Å²) >= 11 is 3.45. The molecule has 0 fully saturated rings. The first-order chi connectivity index (χ1) is 9.25. The lowest BCUT2D eigenvalue weighted by Crippen LogP contribution is -2.11. The third-order valence-electron chi connectivity index (χ3n) is 2.89. The molecule has 0 aliphatic carbocycles. The Labute approximate surface area is 122 Å². The second-order valence-corrected chi connectivity index (χ2v) is 5.28. The van der Waals surface area contributed by atoms with E-state index in [0.29, 0.717) is 6.61 Å². The second-order valence-electron chi connectivity index (χ2n) is 4.36. The summed E-state index contributed by atoms with van der Waals surface area (Å²) in [6.07, 6.45) is 0.130. The minimum atomic E-state index is 0.130. The molecule has 0 bridgehead atoms. The Balaban J connectivity index is 1.72. The SMILES string of the molecule is CC(OCCNc1cccc(Br)c1)c1ccccc1. The summed E-state index contributed by atoms with van der Waals surface area (Å²) in [5.74, 6) is 0. The highest BCUT2D eigenvalue weighted by molar-refractivity contribution is 9.10. The molecule has 0 aliphatic heterocycles. The minimum absolute atomic E-state index is 0.130. The van der Waals surface area contributed by atoms with E-state index in [9.17, 15) is 0 Å². The average Bonchev–Trinajstić information content (AvgIpc) is 2.44. The number of hydrogen-bond donors (Lipinski definition) is 1. The van der Waals surface area contributed by atoms with Gasteiger partial charge in [0.05, 0.1) is 12.7 Å². The summed E-state index contributed by atoms with van der Waals surface area (Å²) in [5, 5.41) is 3.34. The summed E-state index contributed by atoms with van der Waals surface area (Å²) in [6.45, 7) is 3.56. The van der Waals surface area contributed by atoms with Gasteiger partial charge in [0.2, 0.25) is 0 Å². The molecule has 0 saturated carbocycles. The van der Waals surface area contributed by atoms with Crippen LogP contribution in [0.25, 0.3) is 0 Å². The highest BCUT2D eigenvalue weighted by atomic mass is 79.9. The van der Waals surface area contributed by atoms with Gasteiger partial charge in [-0.1, -0.05) is 52.3 Å². The predicted octanol–water partition coefficient (Wildman–Crippen LogP) is 4.64. The average molecular weight is 320 g/mol. The van der Waals surface area contributed by atoms with Crippen LogP contribution in [0.15, 0.2) is 59.1 Å². The molecular weight excluding hydrogens is 302 g/mol. The number of nitrogens with one attached hydrogen (secondary N) is 1. The quantitative estimate of drug-likeness (QED) is 0.783. The molecule has 0 aliphatic rings. The summed E-state index contributed by atoms with van der Waals surface area (Å²) < 4.78 is 6.89. The molecule has 0 spiro atoms. The minimum Gasteiger partial charge on any atom is -0.383 e. The lowest BCUT2D eigenvalue weighted by Gasteiger charge is -2.14. The van der Waals surface area contributed by atoms with Gasteiger partial charge in [-0.15, -0.1) is 0 Å². The fraction of sp³-hybridized carbons (Fsp3) is 0.250. The molecule has 0 saturated heterocycles. The van der Waals surface area contributed by atoms with Crippen LogP contribution in [0.4, 0.5) is 5.69 Å². The first-order valence-corrected chi connectivity index (χ1v) is 7.21. The Bertz CT molecular complexity index is 501. The van der Waals surface area contributed by atoms with Crippen LogP contribution < -0.4 is 5.32 Å². The van der Waals surface area contributed by atoms with Gasteiger partial charge < -0.3 is 10.1 Å². The lowest BCUT2D eigenvalue weighted by molar-refractivity contribution is 0.0736. The molecular formula is C16H18BrNO. The molecule has 1 unspecified atom stereocenters. The molecule has 2 rings (SSSR count). The first-order valence-electron chi connectivity index (χ1n) is 6.41. The van der Waals surface area contributed by atoms with Crippen molar-refractivity contribution in [1.29, 1.82) is 0 Å². The maximum absolute atomic E-state index is 5.81. The molecule has 0 amide bonds. The maximum Gasteiger partial charge on any atom is 0.0797 e. The van der Waals surface area contributed by atoms with Crippen LogP contribution in [0, 0.1) is 0 Å². The Morgan fingerprint density at radius 3 is 2.63 bits per heavy atom. The van der Waals surface area contributed by atoms with Gasteiger partial charge in [-0.2, -0.15) is 0 Å². The van der Waals surface area contributed by atoms with Gasteiger partial charge in [0.25, 0.3) is 0 Å². The van der Waals surface area contributed by atoms with Crippen LogP contribution in [-0.4, -0.2) is 13.2 Å². The summed E-state index contributed by atoms with van der Waals surface area (Å²) in [5.41, 5.74) is 2.32. The Morgan fingerprint density at radius 1 is 1.11 bits per heavy atom. The smallest absolute Gasteiger partial charge is 0.0797 e. The van der Waals surface area contributed by atoms with Crippen LogP contribution in [0.5, 0.6) is 0 Å². The zero-order chi connectivity index (χ0) is 13.5. The number of ether oxygens (including phenoxy) is 1. The molecule has 2 nitrogen and oxygen atoms in total. The summed E-state index contributed by atoms with van der Waals surface area (Å²) in [7, 11) is 0. The molecule has 3 heteroatoms. The fourth-order valence-electron chi connectivity index (χ4n) is 1.85. The predicted molar refractivity (Wildman–Crippen MR) is 83.4 cm³/mol. The third kappa shape index (κ3) is 4.69. The summed E-state index contributed by atoms with van der Waals surface area (Å²) in [6, 6.07) is 18.4. The molecule has 1 atom stereocenters. The standard InChI is InChI=1S/C16H18BrNO/c1-13(14-6-3-2-4-7-14)19-11-10-18-16-9-5-8-15(17)12-16/h2-9,12-13,18H,10-11H2,1H3. The van der Waals surface area contributed by atoms with Crippen molar-refractivity contribution in [3.63, 3.8) is 0 Å². The van der Waals surface area contributed by atoms with Crippen LogP contribution in [0.3, 0.4) is 0 Å². The lowest BCUT2D eigenvalue weighted by atomic mass is 10.1. The van der Waals surface area contributed by atoms with Crippen molar-refractivity contribution in [2.24, 2.45) is 0 Å². The number of halogens is 1. The maximum atomic E-state index is 5.81. The van der Waals surface area contributed by atoms with Crippen molar-refractivity contribution in [2.45, 2.75) is 13.0 Å². The topological polar surface area (TPSA) is 21.3 Å². The van der Waals surface area contributed by atoms with Gasteiger partial charge in [0, 0.05) is 16.7 Å². The number of hydrogen-bond acceptors (Lipinski definition) is 2. The molecule has 2 aromatic carbocycles. The van der Waals surface area contributed by atoms with E-state index < -0.39 is 0 Å². The van der Waals surface area contributed by atoms with Gasteiger partial charge in [-0.3, -0.25) is 0 Å². The Morgan fingerprint density at radius 2 is 1.89 bits per heavy atom. The monoisotopic (exact) mass is 319 g/mol. The van der Waals surface area contributed by atoms with Crippen molar-refractivity contribution < 1.29 is 4.74 Å². The Hall–Kier alpha value is -1.32. The zero-order valence-corrected chi connectivity index (χ0v) is 12.6. The largest absolute Gasteiger partial charge is 0.383 e. The van der Waals surface area contributed by atoms with E-state index in [2.05, 4.69) is 46.4 Å². The summed E-state index contributed by atoms with van der Waals surface area (Å²) in [4.78, 5) is 0. The molecule has 100 valence electrons.